The van der Waals surface area contributed by atoms with Gasteiger partial charge in [0.1, 0.15) is 23.4 Å². The third-order valence-electron chi connectivity index (χ3n) is 7.11. The van der Waals surface area contributed by atoms with Crippen LogP contribution in [0.15, 0.2) is 65.2 Å². The van der Waals surface area contributed by atoms with Gasteiger partial charge in [-0.15, -0.1) is 0 Å². The molecule has 1 fully saturated rings. The number of halogens is 5. The van der Waals surface area contributed by atoms with E-state index in [-0.39, 0.29) is 61.3 Å². The molecule has 0 radical (unpaired) electrons. The lowest BCUT2D eigenvalue weighted by molar-refractivity contribution is -0.136. The molecule has 0 saturated carbocycles. The lowest BCUT2D eigenvalue weighted by Gasteiger charge is -2.35. The number of nitrogen functional groups attached to an aromatic ring is 1. The van der Waals surface area contributed by atoms with Gasteiger partial charge in [0.15, 0.2) is 0 Å². The molecule has 1 unspecified atom stereocenters. The number of nitrogens with one attached hydrogen (secondary N) is 2. The smallest absolute Gasteiger partial charge is 0.420 e. The zero-order chi connectivity index (χ0) is 30.1. The first kappa shape index (κ1) is 29.3. The predicted molar refractivity (Wildman–Crippen MR) is 145 cm³/mol. The number of aliphatic hydroxyl groups is 1. The van der Waals surface area contributed by atoms with Crippen molar-refractivity contribution in [3.63, 3.8) is 0 Å². The molecule has 1 aliphatic heterocycles. The van der Waals surface area contributed by atoms with E-state index in [4.69, 9.17) is 10.2 Å². The third kappa shape index (κ3) is 6.80. The number of anilines is 1. The molecule has 2 amide bonds. The number of aromatic nitrogens is 1. The van der Waals surface area contributed by atoms with Crippen molar-refractivity contribution in [2.75, 3.05) is 18.8 Å². The van der Waals surface area contributed by atoms with Crippen LogP contribution in [-0.2, 0) is 19.3 Å². The molecule has 2 aromatic carbocycles. The zero-order valence-electron chi connectivity index (χ0n) is 22.2. The van der Waals surface area contributed by atoms with Crippen molar-refractivity contribution in [1.29, 1.82) is 0 Å². The predicted octanol–water partition coefficient (Wildman–Crippen LogP) is 5.82. The Morgan fingerprint density at radius 1 is 1.02 bits per heavy atom. The van der Waals surface area contributed by atoms with Gasteiger partial charge >= 0.3 is 12.2 Å². The van der Waals surface area contributed by atoms with Crippen LogP contribution in [-0.4, -0.2) is 40.0 Å². The number of amides is 2. The number of pyridine rings is 1. The SMILES string of the molecule is Nc1ccc(CNC(=O)NCc2cc3cc(-c4ccc(C(O)N5CCC(F)(F)CC5)cc4)cc(C(F)(F)F)c3o2)cn1. The van der Waals surface area contributed by atoms with E-state index in [9.17, 15) is 31.9 Å². The summed E-state index contributed by atoms with van der Waals surface area (Å²) in [5.74, 6) is -2.28. The minimum absolute atomic E-state index is 0.0287. The van der Waals surface area contributed by atoms with E-state index in [1.807, 2.05) is 0 Å². The Morgan fingerprint density at radius 3 is 2.36 bits per heavy atom. The molecule has 0 bridgehead atoms. The van der Waals surface area contributed by atoms with Gasteiger partial charge in [0.25, 0.3) is 5.92 Å². The number of aliphatic hydroxyl groups excluding tert-OH is 1. The maximum atomic E-state index is 14.0. The van der Waals surface area contributed by atoms with Crippen LogP contribution in [0.3, 0.4) is 0 Å². The van der Waals surface area contributed by atoms with E-state index in [2.05, 4.69) is 15.6 Å². The van der Waals surface area contributed by atoms with Crippen molar-refractivity contribution in [1.82, 2.24) is 20.5 Å². The first-order valence-electron chi connectivity index (χ1n) is 13.1. The number of benzene rings is 2. The number of fused-ring (bicyclic) bond motifs is 1. The van der Waals surface area contributed by atoms with E-state index in [1.54, 1.807) is 42.5 Å². The Morgan fingerprint density at radius 2 is 1.71 bits per heavy atom. The number of likely N-dealkylation sites (tertiary alicyclic amines) is 1. The molecule has 5 rings (SSSR count). The summed E-state index contributed by atoms with van der Waals surface area (Å²) in [6, 6.07) is 13.0. The first-order valence-corrected chi connectivity index (χ1v) is 13.1. The highest BCUT2D eigenvalue weighted by Crippen LogP contribution is 2.40. The molecule has 0 aliphatic carbocycles. The Kier molecular flexibility index (Phi) is 8.06. The monoisotopic (exact) mass is 589 g/mol. The molecule has 42 heavy (non-hydrogen) atoms. The first-order chi connectivity index (χ1) is 19.9. The Hall–Kier alpha value is -4.23. The number of carbonyl (C=O) groups excluding carboxylic acids is 1. The normalized spacial score (nSPS) is 16.3. The summed E-state index contributed by atoms with van der Waals surface area (Å²) in [6.45, 7) is 0.0780. The minimum atomic E-state index is -4.71. The highest BCUT2D eigenvalue weighted by molar-refractivity contribution is 5.87. The molecule has 222 valence electrons. The number of nitrogens with two attached hydrogens (primary N) is 1. The highest BCUT2D eigenvalue weighted by Gasteiger charge is 2.37. The third-order valence-corrected chi connectivity index (χ3v) is 7.11. The fourth-order valence-corrected chi connectivity index (χ4v) is 4.78. The number of rotatable bonds is 7. The molecule has 4 aromatic rings. The number of carbonyl (C=O) groups is 1. The second-order valence-corrected chi connectivity index (χ2v) is 10.2. The molecule has 2 aromatic heterocycles. The standard InChI is InChI=1S/C29H28F5N5O3/c30-28(31)7-9-39(10-8-28)26(40)19-4-2-18(3-5-19)20-11-21-12-22(42-25(21)23(13-20)29(32,33)34)16-38-27(41)37-15-17-1-6-24(35)36-14-17/h1-6,11-14,26,40H,7-10,15-16H2,(H2,35,36)(H2,37,38,41). The fourth-order valence-electron chi connectivity index (χ4n) is 4.78. The van der Waals surface area contributed by atoms with Crippen LogP contribution < -0.4 is 16.4 Å². The van der Waals surface area contributed by atoms with Crippen molar-refractivity contribution in [2.45, 2.75) is 44.3 Å². The average molecular weight is 590 g/mol. The molecular formula is C29H28F5N5O3. The summed E-state index contributed by atoms with van der Waals surface area (Å²) >= 11 is 0. The van der Waals surface area contributed by atoms with Gasteiger partial charge in [-0.1, -0.05) is 30.3 Å². The largest absolute Gasteiger partial charge is 0.459 e. The van der Waals surface area contributed by atoms with Crippen LogP contribution in [0.5, 0.6) is 0 Å². The zero-order valence-corrected chi connectivity index (χ0v) is 22.2. The summed E-state index contributed by atoms with van der Waals surface area (Å²) in [7, 11) is 0. The van der Waals surface area contributed by atoms with E-state index in [0.717, 1.165) is 6.07 Å². The van der Waals surface area contributed by atoms with Gasteiger partial charge in [-0.05, 0) is 46.5 Å². The summed E-state index contributed by atoms with van der Waals surface area (Å²) in [5.41, 5.74) is 6.09. The van der Waals surface area contributed by atoms with Gasteiger partial charge in [-0.3, -0.25) is 4.90 Å². The molecule has 8 nitrogen and oxygen atoms in total. The van der Waals surface area contributed by atoms with Gasteiger partial charge in [-0.2, -0.15) is 13.2 Å². The number of hydrogen-bond donors (Lipinski definition) is 4. The Bertz CT molecular complexity index is 1550. The summed E-state index contributed by atoms with van der Waals surface area (Å²) in [4.78, 5) is 17.7. The van der Waals surface area contributed by atoms with E-state index in [0.29, 0.717) is 22.5 Å². The number of piperidine rings is 1. The van der Waals surface area contributed by atoms with Crippen molar-refractivity contribution in [2.24, 2.45) is 0 Å². The van der Waals surface area contributed by atoms with Crippen LogP contribution >= 0.6 is 0 Å². The molecule has 5 N–H and O–H groups in total. The van der Waals surface area contributed by atoms with Crippen LogP contribution in [0.2, 0.25) is 0 Å². The van der Waals surface area contributed by atoms with Gasteiger partial charge in [-0.25, -0.2) is 18.6 Å². The number of furan rings is 1. The van der Waals surface area contributed by atoms with Crippen LogP contribution in [0.25, 0.3) is 22.1 Å². The Balaban J connectivity index is 1.30. The molecule has 1 aliphatic rings. The van der Waals surface area contributed by atoms with E-state index in [1.165, 1.54) is 17.2 Å². The quantitative estimate of drug-likeness (QED) is 0.202. The molecule has 13 heteroatoms. The molecular weight excluding hydrogens is 561 g/mol. The van der Waals surface area contributed by atoms with E-state index >= 15 is 0 Å². The average Bonchev–Trinajstić information content (AvgIpc) is 3.37. The van der Waals surface area contributed by atoms with Gasteiger partial charge < -0.3 is 25.9 Å². The number of urea groups is 1. The maximum absolute atomic E-state index is 14.0. The van der Waals surface area contributed by atoms with Gasteiger partial charge in [0, 0.05) is 44.1 Å². The lowest BCUT2D eigenvalue weighted by Crippen LogP contribution is -2.41. The molecule has 0 spiro atoms. The summed E-state index contributed by atoms with van der Waals surface area (Å²) in [5, 5.41) is 16.0. The minimum Gasteiger partial charge on any atom is -0.459 e. The lowest BCUT2D eigenvalue weighted by atomic mass is 9.98. The Labute approximate surface area is 237 Å². The topological polar surface area (TPSA) is 117 Å². The van der Waals surface area contributed by atoms with Gasteiger partial charge in [0.2, 0.25) is 0 Å². The second kappa shape index (κ2) is 11.6. The van der Waals surface area contributed by atoms with Crippen LogP contribution in [0.4, 0.5) is 32.6 Å². The highest BCUT2D eigenvalue weighted by atomic mass is 19.4. The fraction of sp³-hybridized carbons (Fsp3) is 0.310. The van der Waals surface area contributed by atoms with Crippen molar-refractivity contribution in [3.05, 3.63) is 83.2 Å². The summed E-state index contributed by atoms with van der Waals surface area (Å²) in [6.07, 6.45) is -5.01. The van der Waals surface area contributed by atoms with Crippen molar-refractivity contribution >= 4 is 22.8 Å². The summed E-state index contributed by atoms with van der Waals surface area (Å²) < 4.78 is 74.5. The van der Waals surface area contributed by atoms with Crippen LogP contribution in [0, 0.1) is 0 Å². The molecule has 1 saturated heterocycles. The second-order valence-electron chi connectivity index (χ2n) is 10.2. The van der Waals surface area contributed by atoms with Crippen molar-refractivity contribution < 1.29 is 36.3 Å². The van der Waals surface area contributed by atoms with Gasteiger partial charge in [0.05, 0.1) is 12.1 Å². The molecule has 1 atom stereocenters. The van der Waals surface area contributed by atoms with Crippen LogP contribution in [0.1, 0.15) is 41.5 Å². The number of hydrogen-bond acceptors (Lipinski definition) is 6. The maximum Gasteiger partial charge on any atom is 0.420 e. The van der Waals surface area contributed by atoms with E-state index < -0.39 is 29.9 Å². The number of alkyl halides is 5. The number of nitrogens with zero attached hydrogens (tertiary/aromatic N) is 2. The molecule has 3 heterocycles. The van der Waals surface area contributed by atoms with Crippen molar-refractivity contribution in [3.8, 4) is 11.1 Å².